The molecule has 0 bridgehead atoms. The van der Waals surface area contributed by atoms with Gasteiger partial charge in [-0.2, -0.15) is 9.78 Å². The summed E-state index contributed by atoms with van der Waals surface area (Å²) in [6.07, 6.45) is 4.62. The number of hydrogen-bond acceptors (Lipinski definition) is 3. The van der Waals surface area contributed by atoms with Gasteiger partial charge in [0, 0.05) is 39.6 Å². The standard InChI is InChI=1S/C28H23BrCl2N4O/c1-3-17(2)27-33-25-11-9-20(29)13-22(25)28(36)35(27)32-14-19-16-34(26-7-5-4-6-21(19)26)15-18-8-10-23(30)24(31)12-18/h4-14,16-17H,3,15H2,1-2H3/t17-/m0/s1. The van der Waals surface area contributed by atoms with Crippen molar-refractivity contribution in [2.75, 3.05) is 0 Å². The number of nitrogens with zero attached hydrogens (tertiary/aromatic N) is 4. The fourth-order valence-corrected chi connectivity index (χ4v) is 4.92. The minimum absolute atomic E-state index is 0.0684. The molecule has 5 aromatic rings. The average molecular weight is 582 g/mol. The number of benzene rings is 3. The van der Waals surface area contributed by atoms with E-state index in [1.165, 1.54) is 4.68 Å². The lowest BCUT2D eigenvalue weighted by Crippen LogP contribution is -2.23. The molecule has 0 unspecified atom stereocenters. The summed E-state index contributed by atoms with van der Waals surface area (Å²) in [6, 6.07) is 19.3. The maximum absolute atomic E-state index is 13.5. The van der Waals surface area contributed by atoms with E-state index >= 15 is 0 Å². The second kappa shape index (κ2) is 10.2. The Labute approximate surface area is 227 Å². The number of fused-ring (bicyclic) bond motifs is 2. The molecule has 0 saturated carbocycles. The summed E-state index contributed by atoms with van der Waals surface area (Å²) in [7, 11) is 0. The number of para-hydroxylation sites is 1. The van der Waals surface area contributed by atoms with Gasteiger partial charge in [0.05, 0.1) is 27.2 Å². The molecule has 0 radical (unpaired) electrons. The zero-order valence-corrected chi connectivity index (χ0v) is 22.8. The highest BCUT2D eigenvalue weighted by Gasteiger charge is 2.16. The lowest BCUT2D eigenvalue weighted by Gasteiger charge is -2.13. The van der Waals surface area contributed by atoms with Crippen LogP contribution >= 0.6 is 39.1 Å². The maximum atomic E-state index is 13.5. The first-order chi connectivity index (χ1) is 17.4. The highest BCUT2D eigenvalue weighted by atomic mass is 79.9. The minimum atomic E-state index is -0.188. The van der Waals surface area contributed by atoms with Crippen molar-refractivity contribution in [3.8, 4) is 0 Å². The van der Waals surface area contributed by atoms with Crippen molar-refractivity contribution in [3.05, 3.63) is 109 Å². The molecule has 8 heteroatoms. The lowest BCUT2D eigenvalue weighted by molar-refractivity contribution is 0.613. The van der Waals surface area contributed by atoms with Crippen LogP contribution in [0.4, 0.5) is 0 Å². The molecule has 182 valence electrons. The Balaban J connectivity index is 1.61. The Bertz CT molecular complexity index is 1690. The molecule has 5 nitrogen and oxygen atoms in total. The van der Waals surface area contributed by atoms with E-state index in [0.717, 1.165) is 32.9 Å². The monoisotopic (exact) mass is 580 g/mol. The van der Waals surface area contributed by atoms with Crippen LogP contribution in [0, 0.1) is 0 Å². The first-order valence-corrected chi connectivity index (χ1v) is 13.2. The van der Waals surface area contributed by atoms with Crippen molar-refractivity contribution in [3.63, 3.8) is 0 Å². The van der Waals surface area contributed by atoms with Gasteiger partial charge in [-0.25, -0.2) is 4.98 Å². The third-order valence-electron chi connectivity index (χ3n) is 6.36. The highest BCUT2D eigenvalue weighted by Crippen LogP contribution is 2.26. The van der Waals surface area contributed by atoms with Crippen molar-refractivity contribution in [1.29, 1.82) is 0 Å². The van der Waals surface area contributed by atoms with Crippen LogP contribution in [0.15, 0.2) is 81.2 Å². The van der Waals surface area contributed by atoms with Gasteiger partial charge in [0.1, 0.15) is 5.82 Å². The van der Waals surface area contributed by atoms with Gasteiger partial charge in [0.15, 0.2) is 0 Å². The second-order valence-electron chi connectivity index (χ2n) is 8.78. The molecule has 0 aliphatic rings. The molecule has 0 amide bonds. The molecular weight excluding hydrogens is 559 g/mol. The first-order valence-electron chi connectivity index (χ1n) is 11.6. The molecule has 0 N–H and O–H groups in total. The normalized spacial score (nSPS) is 12.7. The predicted octanol–water partition coefficient (Wildman–Crippen LogP) is 7.86. The summed E-state index contributed by atoms with van der Waals surface area (Å²) in [6.45, 7) is 4.75. The summed E-state index contributed by atoms with van der Waals surface area (Å²) in [5.41, 5.74) is 3.48. The van der Waals surface area contributed by atoms with Gasteiger partial charge in [-0.15, -0.1) is 0 Å². The van der Waals surface area contributed by atoms with Crippen molar-refractivity contribution in [2.45, 2.75) is 32.7 Å². The Morgan fingerprint density at radius 3 is 2.64 bits per heavy atom. The van der Waals surface area contributed by atoms with Gasteiger partial charge in [-0.05, 0) is 48.4 Å². The van der Waals surface area contributed by atoms with Gasteiger partial charge >= 0.3 is 0 Å². The van der Waals surface area contributed by atoms with E-state index < -0.39 is 0 Å². The highest BCUT2D eigenvalue weighted by molar-refractivity contribution is 9.10. The maximum Gasteiger partial charge on any atom is 0.282 e. The quantitative estimate of drug-likeness (QED) is 0.192. The minimum Gasteiger partial charge on any atom is -0.342 e. The second-order valence-corrected chi connectivity index (χ2v) is 10.5. The van der Waals surface area contributed by atoms with Crippen molar-refractivity contribution in [2.24, 2.45) is 5.10 Å². The van der Waals surface area contributed by atoms with Gasteiger partial charge in [0.2, 0.25) is 0 Å². The average Bonchev–Trinajstić information content (AvgIpc) is 3.22. The van der Waals surface area contributed by atoms with Crippen LogP contribution in [-0.4, -0.2) is 20.4 Å². The van der Waals surface area contributed by atoms with Gasteiger partial charge < -0.3 is 4.57 Å². The summed E-state index contributed by atoms with van der Waals surface area (Å²) >= 11 is 15.8. The molecular formula is C28H23BrCl2N4O. The summed E-state index contributed by atoms with van der Waals surface area (Å²) < 4.78 is 4.41. The molecule has 3 aromatic carbocycles. The zero-order valence-electron chi connectivity index (χ0n) is 19.8. The van der Waals surface area contributed by atoms with Crippen LogP contribution in [0.5, 0.6) is 0 Å². The van der Waals surface area contributed by atoms with Gasteiger partial charge in [-0.3, -0.25) is 4.79 Å². The third-order valence-corrected chi connectivity index (χ3v) is 7.59. The molecule has 0 aliphatic carbocycles. The Kier molecular flexibility index (Phi) is 7.02. The van der Waals surface area contributed by atoms with E-state index in [0.29, 0.717) is 33.3 Å². The molecule has 2 heterocycles. The fourth-order valence-electron chi connectivity index (χ4n) is 4.24. The topological polar surface area (TPSA) is 52.2 Å². The van der Waals surface area contributed by atoms with Crippen molar-refractivity contribution < 1.29 is 0 Å². The molecule has 5 rings (SSSR count). The Morgan fingerprint density at radius 1 is 1.06 bits per heavy atom. The van der Waals surface area contributed by atoms with E-state index in [1.54, 1.807) is 18.3 Å². The summed E-state index contributed by atoms with van der Waals surface area (Å²) in [5.74, 6) is 0.715. The van der Waals surface area contributed by atoms with E-state index in [-0.39, 0.29) is 11.5 Å². The van der Waals surface area contributed by atoms with Crippen LogP contribution in [0.2, 0.25) is 10.0 Å². The molecule has 2 aromatic heterocycles. The Hall–Kier alpha value is -2.93. The number of hydrogen-bond donors (Lipinski definition) is 0. The molecule has 0 fully saturated rings. The first kappa shape index (κ1) is 24.8. The van der Waals surface area contributed by atoms with Crippen LogP contribution in [0.25, 0.3) is 21.8 Å². The summed E-state index contributed by atoms with van der Waals surface area (Å²) in [5, 5.41) is 7.29. The van der Waals surface area contributed by atoms with E-state index in [9.17, 15) is 4.79 Å². The SMILES string of the molecule is CC[C@H](C)c1nc2ccc(Br)cc2c(=O)n1N=Cc1cn(Cc2ccc(Cl)c(Cl)c2)c2ccccc12. The van der Waals surface area contributed by atoms with Crippen LogP contribution in [0.3, 0.4) is 0 Å². The number of rotatable bonds is 6. The van der Waals surface area contributed by atoms with Crippen molar-refractivity contribution >= 4 is 67.2 Å². The summed E-state index contributed by atoms with van der Waals surface area (Å²) in [4.78, 5) is 18.3. The Morgan fingerprint density at radius 2 is 1.86 bits per heavy atom. The van der Waals surface area contributed by atoms with E-state index in [2.05, 4.69) is 51.6 Å². The molecule has 0 saturated heterocycles. The van der Waals surface area contributed by atoms with E-state index in [4.69, 9.17) is 28.2 Å². The van der Waals surface area contributed by atoms with Gasteiger partial charge in [-0.1, -0.05) is 77.2 Å². The third kappa shape index (κ3) is 4.73. The van der Waals surface area contributed by atoms with E-state index in [1.807, 2.05) is 42.6 Å². The molecule has 0 spiro atoms. The molecule has 1 atom stereocenters. The van der Waals surface area contributed by atoms with Crippen LogP contribution in [0.1, 0.15) is 43.1 Å². The van der Waals surface area contributed by atoms with Gasteiger partial charge in [0.25, 0.3) is 5.56 Å². The lowest BCUT2D eigenvalue weighted by atomic mass is 10.1. The number of halogens is 3. The van der Waals surface area contributed by atoms with Crippen LogP contribution < -0.4 is 5.56 Å². The predicted molar refractivity (Wildman–Crippen MR) is 153 cm³/mol. The van der Waals surface area contributed by atoms with Crippen LogP contribution in [-0.2, 0) is 6.54 Å². The fraction of sp³-hybridized carbons (Fsp3) is 0.179. The zero-order chi connectivity index (χ0) is 25.4. The number of aromatic nitrogens is 3. The molecule has 36 heavy (non-hydrogen) atoms. The molecule has 0 aliphatic heterocycles. The largest absolute Gasteiger partial charge is 0.342 e. The van der Waals surface area contributed by atoms with Crippen molar-refractivity contribution in [1.82, 2.24) is 14.2 Å². The smallest absolute Gasteiger partial charge is 0.282 e.